The smallest absolute Gasteiger partial charge is 0.161 e. The Bertz CT molecular complexity index is 275. The Morgan fingerprint density at radius 2 is 2.23 bits per heavy atom. The molecule has 1 aromatic heterocycles. The van der Waals surface area contributed by atoms with Gasteiger partial charge in [0, 0.05) is 24.5 Å². The Labute approximate surface area is 79.6 Å². The van der Waals surface area contributed by atoms with Crippen LogP contribution in [0.15, 0.2) is 18.5 Å². The lowest BCUT2D eigenvalue weighted by molar-refractivity contribution is 0.101. The van der Waals surface area contributed by atoms with Crippen LogP contribution in [0, 0.1) is 0 Å². The molecule has 72 valence electrons. The molecule has 0 radical (unpaired) electrons. The van der Waals surface area contributed by atoms with E-state index in [1.807, 2.05) is 18.5 Å². The fraction of sp³-hybridized carbons (Fsp3) is 0.545. The van der Waals surface area contributed by atoms with Crippen LogP contribution in [0.4, 0.5) is 0 Å². The van der Waals surface area contributed by atoms with E-state index in [1.54, 1.807) is 6.92 Å². The first-order valence-electron chi connectivity index (χ1n) is 4.90. The maximum absolute atomic E-state index is 11.0. The number of ketones is 1. The maximum Gasteiger partial charge on any atom is 0.161 e. The Morgan fingerprint density at radius 3 is 2.77 bits per heavy atom. The molecule has 1 rings (SSSR count). The number of Topliss-reactive ketones (excluding diaryl/α,β-unsaturated/α-hetero) is 1. The van der Waals surface area contributed by atoms with Gasteiger partial charge in [-0.3, -0.25) is 4.79 Å². The van der Waals surface area contributed by atoms with Gasteiger partial charge in [-0.15, -0.1) is 0 Å². The third-order valence-electron chi connectivity index (χ3n) is 2.18. The van der Waals surface area contributed by atoms with Gasteiger partial charge in [-0.2, -0.15) is 0 Å². The summed E-state index contributed by atoms with van der Waals surface area (Å²) in [6, 6.07) is 1.88. The van der Waals surface area contributed by atoms with Gasteiger partial charge >= 0.3 is 0 Å². The molecule has 0 bridgehead atoms. The minimum absolute atomic E-state index is 0.147. The molecule has 1 aromatic rings. The van der Waals surface area contributed by atoms with Gasteiger partial charge in [0.1, 0.15) is 0 Å². The third kappa shape index (κ3) is 3.05. The predicted molar refractivity (Wildman–Crippen MR) is 54.0 cm³/mol. The number of carbonyl (C=O) groups excluding carboxylic acids is 1. The van der Waals surface area contributed by atoms with Crippen molar-refractivity contribution >= 4 is 5.78 Å². The quantitative estimate of drug-likeness (QED) is 0.503. The summed E-state index contributed by atoms with van der Waals surface area (Å²) in [5, 5.41) is 0. The predicted octanol–water partition coefficient (Wildman–Crippen LogP) is 2.88. The van der Waals surface area contributed by atoms with Crippen LogP contribution in [0.5, 0.6) is 0 Å². The molecule has 0 aliphatic carbocycles. The molecule has 0 aromatic carbocycles. The first-order valence-corrected chi connectivity index (χ1v) is 4.90. The first-order chi connectivity index (χ1) is 6.24. The summed E-state index contributed by atoms with van der Waals surface area (Å²) in [5.41, 5.74) is 0.816. The van der Waals surface area contributed by atoms with Crippen molar-refractivity contribution in [2.24, 2.45) is 0 Å². The van der Waals surface area contributed by atoms with Gasteiger partial charge < -0.3 is 4.57 Å². The highest BCUT2D eigenvalue weighted by molar-refractivity contribution is 5.93. The molecule has 13 heavy (non-hydrogen) atoms. The summed E-state index contributed by atoms with van der Waals surface area (Å²) in [5.74, 6) is 0.147. The number of hydrogen-bond acceptors (Lipinski definition) is 1. The van der Waals surface area contributed by atoms with Crippen molar-refractivity contribution in [3.8, 4) is 0 Å². The largest absolute Gasteiger partial charge is 0.354 e. The Hall–Kier alpha value is -1.05. The zero-order valence-electron chi connectivity index (χ0n) is 8.42. The second-order valence-electron chi connectivity index (χ2n) is 3.40. The van der Waals surface area contributed by atoms with Crippen LogP contribution in [0.3, 0.4) is 0 Å². The first kappa shape index (κ1) is 10.0. The van der Waals surface area contributed by atoms with E-state index in [4.69, 9.17) is 0 Å². The number of hydrogen-bond donors (Lipinski definition) is 0. The van der Waals surface area contributed by atoms with Gasteiger partial charge in [-0.1, -0.05) is 19.8 Å². The molecule has 0 unspecified atom stereocenters. The summed E-state index contributed by atoms with van der Waals surface area (Å²) >= 11 is 0. The van der Waals surface area contributed by atoms with Crippen LogP contribution in [0.25, 0.3) is 0 Å². The van der Waals surface area contributed by atoms with E-state index < -0.39 is 0 Å². The molecular weight excluding hydrogens is 162 g/mol. The molecule has 0 fully saturated rings. The zero-order chi connectivity index (χ0) is 9.68. The molecular formula is C11H17NO. The van der Waals surface area contributed by atoms with E-state index in [-0.39, 0.29) is 5.78 Å². The molecule has 0 aliphatic rings. The molecule has 0 saturated carbocycles. The zero-order valence-corrected chi connectivity index (χ0v) is 8.42. The van der Waals surface area contributed by atoms with Crippen LogP contribution in [-0.2, 0) is 6.54 Å². The minimum atomic E-state index is 0.147. The van der Waals surface area contributed by atoms with Crippen molar-refractivity contribution in [3.63, 3.8) is 0 Å². The normalized spacial score (nSPS) is 10.3. The highest BCUT2D eigenvalue weighted by Crippen LogP contribution is 2.04. The molecule has 0 aliphatic heterocycles. The van der Waals surface area contributed by atoms with Gasteiger partial charge in [0.05, 0.1) is 0 Å². The average Bonchev–Trinajstić information content (AvgIpc) is 2.53. The molecule has 0 N–H and O–H groups in total. The summed E-state index contributed by atoms with van der Waals surface area (Å²) in [6.45, 7) is 4.82. The molecule has 0 amide bonds. The van der Waals surface area contributed by atoms with Crippen molar-refractivity contribution in [3.05, 3.63) is 24.0 Å². The molecule has 0 saturated heterocycles. The lowest BCUT2D eigenvalue weighted by Gasteiger charge is -2.00. The monoisotopic (exact) mass is 179 g/mol. The van der Waals surface area contributed by atoms with Gasteiger partial charge in [-0.25, -0.2) is 0 Å². The van der Waals surface area contributed by atoms with Crippen LogP contribution in [0.2, 0.25) is 0 Å². The van der Waals surface area contributed by atoms with Crippen molar-refractivity contribution in [2.45, 2.75) is 39.7 Å². The van der Waals surface area contributed by atoms with Crippen molar-refractivity contribution < 1.29 is 4.79 Å². The number of aryl methyl sites for hydroxylation is 1. The Balaban J connectivity index is 2.44. The van der Waals surface area contributed by atoms with Gasteiger partial charge in [0.15, 0.2) is 5.78 Å². The van der Waals surface area contributed by atoms with E-state index in [9.17, 15) is 4.79 Å². The van der Waals surface area contributed by atoms with Gasteiger partial charge in [0.25, 0.3) is 0 Å². The standard InChI is InChI=1S/C11H17NO/c1-3-4-5-7-12-8-6-11(9-12)10(2)13/h6,8-9H,3-5,7H2,1-2H3. The highest BCUT2D eigenvalue weighted by Gasteiger charge is 2.00. The summed E-state index contributed by atoms with van der Waals surface area (Å²) in [6.07, 6.45) is 7.60. The minimum Gasteiger partial charge on any atom is -0.354 e. The second-order valence-corrected chi connectivity index (χ2v) is 3.40. The average molecular weight is 179 g/mol. The fourth-order valence-electron chi connectivity index (χ4n) is 1.33. The van der Waals surface area contributed by atoms with Crippen LogP contribution < -0.4 is 0 Å². The van der Waals surface area contributed by atoms with Crippen molar-refractivity contribution in [2.75, 3.05) is 0 Å². The highest BCUT2D eigenvalue weighted by atomic mass is 16.1. The molecule has 1 heterocycles. The van der Waals surface area contributed by atoms with E-state index >= 15 is 0 Å². The Kier molecular flexibility index (Phi) is 3.74. The maximum atomic E-state index is 11.0. The van der Waals surface area contributed by atoms with E-state index in [1.165, 1.54) is 19.3 Å². The third-order valence-corrected chi connectivity index (χ3v) is 2.18. The van der Waals surface area contributed by atoms with E-state index in [0.29, 0.717) is 0 Å². The molecule has 2 nitrogen and oxygen atoms in total. The SMILES string of the molecule is CCCCCn1ccc(C(C)=O)c1. The second kappa shape index (κ2) is 4.85. The lowest BCUT2D eigenvalue weighted by atomic mass is 10.2. The summed E-state index contributed by atoms with van der Waals surface area (Å²) < 4.78 is 2.09. The molecule has 0 spiro atoms. The summed E-state index contributed by atoms with van der Waals surface area (Å²) in [7, 11) is 0. The molecule has 2 heteroatoms. The fourth-order valence-corrected chi connectivity index (χ4v) is 1.33. The van der Waals surface area contributed by atoms with E-state index in [2.05, 4.69) is 11.5 Å². The van der Waals surface area contributed by atoms with Crippen molar-refractivity contribution in [1.82, 2.24) is 4.57 Å². The van der Waals surface area contributed by atoms with E-state index in [0.717, 1.165) is 12.1 Å². The number of carbonyl (C=O) groups is 1. The van der Waals surface area contributed by atoms with Gasteiger partial charge in [0.2, 0.25) is 0 Å². The lowest BCUT2D eigenvalue weighted by Crippen LogP contribution is -1.94. The summed E-state index contributed by atoms with van der Waals surface area (Å²) in [4.78, 5) is 11.0. The number of aromatic nitrogens is 1. The van der Waals surface area contributed by atoms with Crippen LogP contribution in [0.1, 0.15) is 43.5 Å². The van der Waals surface area contributed by atoms with Crippen LogP contribution in [-0.4, -0.2) is 10.4 Å². The topological polar surface area (TPSA) is 22.0 Å². The van der Waals surface area contributed by atoms with Crippen molar-refractivity contribution in [1.29, 1.82) is 0 Å². The molecule has 0 atom stereocenters. The number of nitrogens with zero attached hydrogens (tertiary/aromatic N) is 1. The van der Waals surface area contributed by atoms with Gasteiger partial charge in [-0.05, 0) is 19.4 Å². The number of rotatable bonds is 5. The number of unbranched alkanes of at least 4 members (excludes halogenated alkanes) is 2. The Morgan fingerprint density at radius 1 is 1.46 bits per heavy atom. The van der Waals surface area contributed by atoms with Crippen LogP contribution >= 0.6 is 0 Å².